The summed E-state index contributed by atoms with van der Waals surface area (Å²) in [4.78, 5) is 49.1. The normalized spacial score (nSPS) is 31.9. The minimum atomic E-state index is -0.919. The van der Waals surface area contributed by atoms with Crippen molar-refractivity contribution < 1.29 is 24.2 Å². The number of amides is 3. The molecule has 0 bridgehead atoms. The zero-order valence-corrected chi connectivity index (χ0v) is 26.3. The van der Waals surface area contributed by atoms with Crippen LogP contribution in [0, 0.1) is 17.8 Å². The summed E-state index contributed by atoms with van der Waals surface area (Å²) < 4.78 is 4.00. The van der Waals surface area contributed by atoms with Crippen molar-refractivity contribution in [2.45, 2.75) is 75.5 Å². The molecule has 1 aromatic carbocycles. The highest BCUT2D eigenvalue weighted by atomic mass is 32.2. The molecule has 1 spiro atoms. The number of thioether (sulfide) groups is 1. The lowest BCUT2D eigenvalue weighted by Gasteiger charge is -2.41. The number of hydrogen-bond acceptors (Lipinski definition) is 6. The summed E-state index contributed by atoms with van der Waals surface area (Å²) in [5.41, 5.74) is 0.744. The van der Waals surface area contributed by atoms with E-state index in [2.05, 4.69) is 19.1 Å². The van der Waals surface area contributed by atoms with Gasteiger partial charge in [-0.1, -0.05) is 57.9 Å². The van der Waals surface area contributed by atoms with Crippen molar-refractivity contribution in [2.75, 3.05) is 37.7 Å². The Morgan fingerprint density at radius 2 is 1.71 bits per heavy atom. The van der Waals surface area contributed by atoms with Crippen molar-refractivity contribution in [3.8, 4) is 5.75 Å². The van der Waals surface area contributed by atoms with Crippen LogP contribution >= 0.6 is 11.8 Å². The molecule has 9 heteroatoms. The summed E-state index contributed by atoms with van der Waals surface area (Å²) in [6.45, 7) is 11.9. The zero-order chi connectivity index (χ0) is 30.2. The van der Waals surface area contributed by atoms with Gasteiger partial charge in [-0.3, -0.25) is 14.4 Å². The minimum Gasteiger partial charge on any atom is -0.494 e. The van der Waals surface area contributed by atoms with Crippen molar-refractivity contribution >= 4 is 35.2 Å². The molecular formula is C33H45N3O5S. The molecule has 1 aromatic rings. The van der Waals surface area contributed by atoms with E-state index in [1.165, 1.54) is 0 Å². The highest BCUT2D eigenvalue weighted by Crippen LogP contribution is 2.66. The molecular weight excluding hydrogens is 550 g/mol. The molecule has 1 unspecified atom stereocenters. The Hall–Kier alpha value is -2.78. The third kappa shape index (κ3) is 4.86. The van der Waals surface area contributed by atoms with Crippen LogP contribution in [-0.4, -0.2) is 87.1 Å². The smallest absolute Gasteiger partial charge is 0.247 e. The standard InChI is InChI=1S/C33H45N3O5S/c1-6-9-18-34-19-11-17-33-27(30(39)36(28(33)31(34)40)25(21-37)22(4)7-2)26-29(38)35(20-10-16-32(26,5)42-33)23-12-14-24(15-13-23)41-8-3/h10-17,22,25-28,37H,6-9,18-21H2,1-5H3/t22-,25-,26+,27-,28?,32-,33-/m0/s1. The van der Waals surface area contributed by atoms with E-state index in [1.54, 1.807) is 21.6 Å². The number of carbonyl (C=O) groups is 3. The SMILES string of the molecule is CCCCN1CC=C[C@]23S[C@@]4(C)C=CCN(c5ccc(OCC)cc5)C(=O)[C@H]4[C@H]2C(=O)N([C@@H](CO)[C@@H](C)CC)C3C1=O. The van der Waals surface area contributed by atoms with Crippen LogP contribution in [0.5, 0.6) is 5.75 Å². The molecule has 2 saturated heterocycles. The monoisotopic (exact) mass is 595 g/mol. The Balaban J connectivity index is 1.61. The van der Waals surface area contributed by atoms with E-state index in [-0.39, 0.29) is 30.2 Å². The van der Waals surface area contributed by atoms with Gasteiger partial charge in [-0.2, -0.15) is 0 Å². The fourth-order valence-electron chi connectivity index (χ4n) is 7.35. The average Bonchev–Trinajstić information content (AvgIpc) is 3.25. The Morgan fingerprint density at radius 1 is 1.00 bits per heavy atom. The molecule has 4 heterocycles. The third-order valence-electron chi connectivity index (χ3n) is 9.66. The lowest BCUT2D eigenvalue weighted by atomic mass is 9.74. The number of anilines is 1. The maximum Gasteiger partial charge on any atom is 0.247 e. The summed E-state index contributed by atoms with van der Waals surface area (Å²) in [7, 11) is 0. The number of aliphatic hydroxyl groups is 1. The lowest BCUT2D eigenvalue weighted by Crippen LogP contribution is -2.58. The molecule has 2 fully saturated rings. The Bertz CT molecular complexity index is 1250. The first-order valence-electron chi connectivity index (χ1n) is 15.5. The van der Waals surface area contributed by atoms with Crippen molar-refractivity contribution in [3.05, 3.63) is 48.6 Å². The second-order valence-electron chi connectivity index (χ2n) is 12.2. The molecule has 0 aliphatic carbocycles. The van der Waals surface area contributed by atoms with Gasteiger partial charge >= 0.3 is 0 Å². The van der Waals surface area contributed by atoms with Crippen molar-refractivity contribution in [1.82, 2.24) is 9.80 Å². The van der Waals surface area contributed by atoms with Gasteiger partial charge in [0.05, 0.1) is 35.8 Å². The molecule has 42 heavy (non-hydrogen) atoms. The van der Waals surface area contributed by atoms with E-state index in [0.717, 1.165) is 30.7 Å². The highest BCUT2D eigenvalue weighted by molar-refractivity contribution is 8.02. The number of carbonyl (C=O) groups excluding carboxylic acids is 3. The Labute approximate surface area is 254 Å². The van der Waals surface area contributed by atoms with Crippen molar-refractivity contribution in [3.63, 3.8) is 0 Å². The van der Waals surface area contributed by atoms with Crippen LogP contribution in [0.15, 0.2) is 48.6 Å². The predicted octanol–water partition coefficient (Wildman–Crippen LogP) is 4.28. The summed E-state index contributed by atoms with van der Waals surface area (Å²) in [5.74, 6) is -1.10. The van der Waals surface area contributed by atoms with E-state index < -0.39 is 33.4 Å². The molecule has 0 aromatic heterocycles. The fourth-order valence-corrected chi connectivity index (χ4v) is 9.49. The fraction of sp³-hybridized carbons (Fsp3) is 0.606. The number of benzene rings is 1. The van der Waals surface area contributed by atoms with Crippen LogP contribution in [0.25, 0.3) is 0 Å². The van der Waals surface area contributed by atoms with Gasteiger partial charge in [-0.25, -0.2) is 0 Å². The lowest BCUT2D eigenvalue weighted by molar-refractivity contribution is -0.147. The van der Waals surface area contributed by atoms with Gasteiger partial charge in [0.25, 0.3) is 0 Å². The molecule has 0 radical (unpaired) electrons. The van der Waals surface area contributed by atoms with Crippen LogP contribution < -0.4 is 9.64 Å². The van der Waals surface area contributed by atoms with Gasteiger partial charge in [0.15, 0.2) is 0 Å². The van der Waals surface area contributed by atoms with Crippen LogP contribution in [0.2, 0.25) is 0 Å². The summed E-state index contributed by atoms with van der Waals surface area (Å²) >= 11 is 1.59. The summed E-state index contributed by atoms with van der Waals surface area (Å²) in [5, 5.41) is 10.6. The first-order chi connectivity index (χ1) is 20.2. The number of nitrogens with zero attached hydrogens (tertiary/aromatic N) is 3. The number of hydrogen-bond donors (Lipinski definition) is 1. The van der Waals surface area contributed by atoms with Gasteiger partial charge in [0, 0.05) is 30.1 Å². The maximum absolute atomic E-state index is 14.7. The first kappa shape index (κ1) is 30.7. The quantitative estimate of drug-likeness (QED) is 0.406. The van der Waals surface area contributed by atoms with E-state index >= 15 is 0 Å². The molecule has 4 aliphatic rings. The molecule has 3 amide bonds. The second kappa shape index (κ2) is 12.1. The molecule has 5 rings (SSSR count). The van der Waals surface area contributed by atoms with Crippen molar-refractivity contribution in [1.29, 1.82) is 0 Å². The minimum absolute atomic E-state index is 0.0135. The molecule has 4 aliphatic heterocycles. The van der Waals surface area contributed by atoms with Gasteiger partial charge in [0.2, 0.25) is 17.7 Å². The van der Waals surface area contributed by atoms with E-state index in [1.807, 2.05) is 69.0 Å². The zero-order valence-electron chi connectivity index (χ0n) is 25.5. The van der Waals surface area contributed by atoms with Crippen LogP contribution in [0.4, 0.5) is 5.69 Å². The van der Waals surface area contributed by atoms with E-state index in [9.17, 15) is 19.5 Å². The molecule has 7 atom stereocenters. The molecule has 1 N–H and O–H groups in total. The van der Waals surface area contributed by atoms with Gasteiger partial charge < -0.3 is 24.5 Å². The average molecular weight is 596 g/mol. The molecule has 228 valence electrons. The highest BCUT2D eigenvalue weighted by Gasteiger charge is 2.74. The summed E-state index contributed by atoms with van der Waals surface area (Å²) in [6, 6.07) is 6.19. The number of likely N-dealkylation sites (tertiary alicyclic amines) is 1. The van der Waals surface area contributed by atoms with Crippen LogP contribution in [0.3, 0.4) is 0 Å². The number of fused-ring (bicyclic) bond motifs is 2. The number of unbranched alkanes of at least 4 members (excludes halogenated alkanes) is 1. The summed E-state index contributed by atoms with van der Waals surface area (Å²) in [6.07, 6.45) is 10.8. The molecule has 0 saturated carbocycles. The van der Waals surface area contributed by atoms with E-state index in [4.69, 9.17) is 4.74 Å². The van der Waals surface area contributed by atoms with Crippen LogP contribution in [0.1, 0.15) is 53.9 Å². The number of ether oxygens (including phenoxy) is 1. The third-order valence-corrected chi connectivity index (χ3v) is 11.5. The number of rotatable bonds is 10. The Morgan fingerprint density at radius 3 is 2.36 bits per heavy atom. The maximum atomic E-state index is 14.7. The van der Waals surface area contributed by atoms with Crippen LogP contribution in [-0.2, 0) is 14.4 Å². The molecule has 8 nitrogen and oxygen atoms in total. The van der Waals surface area contributed by atoms with Crippen molar-refractivity contribution in [2.24, 2.45) is 17.8 Å². The predicted molar refractivity (Wildman–Crippen MR) is 166 cm³/mol. The largest absolute Gasteiger partial charge is 0.494 e. The van der Waals surface area contributed by atoms with Gasteiger partial charge in [0.1, 0.15) is 11.8 Å². The topological polar surface area (TPSA) is 90.4 Å². The Kier molecular flexibility index (Phi) is 8.82. The second-order valence-corrected chi connectivity index (χ2v) is 14.0. The first-order valence-corrected chi connectivity index (χ1v) is 16.3. The van der Waals surface area contributed by atoms with Gasteiger partial charge in [-0.05, 0) is 50.5 Å². The number of aliphatic hydroxyl groups excluding tert-OH is 1. The van der Waals surface area contributed by atoms with Gasteiger partial charge in [-0.15, -0.1) is 11.8 Å². The van der Waals surface area contributed by atoms with E-state index in [0.29, 0.717) is 26.2 Å².